The fourth-order valence-electron chi connectivity index (χ4n) is 4.22. The Morgan fingerprint density at radius 2 is 1.62 bits per heavy atom. The lowest BCUT2D eigenvalue weighted by Crippen LogP contribution is -2.29. The van der Waals surface area contributed by atoms with Crippen molar-refractivity contribution in [1.82, 2.24) is 0 Å². The summed E-state index contributed by atoms with van der Waals surface area (Å²) in [7, 11) is 0. The summed E-state index contributed by atoms with van der Waals surface area (Å²) in [6.45, 7) is 8.75. The minimum absolute atomic E-state index is 0.0454. The number of Topliss-reactive ketones (excluding diaryl/α,β-unsaturated/α-hetero) is 1. The van der Waals surface area contributed by atoms with Crippen LogP contribution in [0.15, 0.2) is 84.4 Å². The van der Waals surface area contributed by atoms with Gasteiger partial charge in [-0.15, -0.1) is 0 Å². The molecule has 1 unspecified atom stereocenters. The molecule has 1 atom stereocenters. The van der Waals surface area contributed by atoms with Gasteiger partial charge in [0.1, 0.15) is 11.5 Å². The van der Waals surface area contributed by atoms with Gasteiger partial charge in [-0.2, -0.15) is 0 Å². The van der Waals surface area contributed by atoms with Crippen LogP contribution >= 0.6 is 0 Å². The Labute approximate surface area is 200 Å². The molecular formula is C29H29NO4. The van der Waals surface area contributed by atoms with E-state index in [2.05, 4.69) is 20.8 Å². The van der Waals surface area contributed by atoms with Gasteiger partial charge in [-0.05, 0) is 35.6 Å². The third-order valence-electron chi connectivity index (χ3n) is 5.99. The van der Waals surface area contributed by atoms with Crippen LogP contribution in [0.1, 0.15) is 50.4 Å². The van der Waals surface area contributed by atoms with E-state index in [1.54, 1.807) is 48.5 Å². The van der Waals surface area contributed by atoms with Gasteiger partial charge in [0, 0.05) is 17.3 Å². The van der Waals surface area contributed by atoms with Crippen molar-refractivity contribution in [3.63, 3.8) is 0 Å². The second-order valence-corrected chi connectivity index (χ2v) is 9.34. The maximum absolute atomic E-state index is 13.3. The van der Waals surface area contributed by atoms with Crippen molar-refractivity contribution in [3.05, 3.63) is 101 Å². The summed E-state index contributed by atoms with van der Waals surface area (Å²) < 4.78 is 5.62. The largest absolute Gasteiger partial charge is 0.507 e. The molecule has 0 saturated carbocycles. The van der Waals surface area contributed by atoms with Gasteiger partial charge in [0.25, 0.3) is 11.7 Å². The van der Waals surface area contributed by atoms with E-state index in [4.69, 9.17) is 4.74 Å². The predicted molar refractivity (Wildman–Crippen MR) is 134 cm³/mol. The van der Waals surface area contributed by atoms with E-state index < -0.39 is 17.7 Å². The molecule has 1 amide bonds. The molecule has 5 heteroatoms. The zero-order valence-electron chi connectivity index (χ0n) is 19.9. The van der Waals surface area contributed by atoms with Crippen molar-refractivity contribution in [1.29, 1.82) is 0 Å². The molecule has 174 valence electrons. The molecular weight excluding hydrogens is 426 g/mol. The third kappa shape index (κ3) is 4.34. The van der Waals surface area contributed by atoms with Gasteiger partial charge < -0.3 is 9.84 Å². The van der Waals surface area contributed by atoms with Gasteiger partial charge in [0.05, 0.1) is 18.2 Å². The first-order valence-corrected chi connectivity index (χ1v) is 11.4. The van der Waals surface area contributed by atoms with Crippen molar-refractivity contribution >= 4 is 23.1 Å². The lowest BCUT2D eigenvalue weighted by molar-refractivity contribution is -0.132. The summed E-state index contributed by atoms with van der Waals surface area (Å²) in [4.78, 5) is 28.1. The van der Waals surface area contributed by atoms with Gasteiger partial charge >= 0.3 is 0 Å². The number of nitrogens with zero attached hydrogens (tertiary/aromatic N) is 1. The third-order valence-corrected chi connectivity index (χ3v) is 5.99. The lowest BCUT2D eigenvalue weighted by Gasteiger charge is -2.27. The first-order valence-electron chi connectivity index (χ1n) is 11.4. The maximum atomic E-state index is 13.3. The van der Waals surface area contributed by atoms with E-state index in [0.717, 1.165) is 11.1 Å². The quantitative estimate of drug-likeness (QED) is 0.291. The van der Waals surface area contributed by atoms with Gasteiger partial charge in [-0.3, -0.25) is 14.5 Å². The van der Waals surface area contributed by atoms with Crippen LogP contribution in [0.4, 0.5) is 5.69 Å². The number of aliphatic hydroxyl groups excluding tert-OH is 1. The van der Waals surface area contributed by atoms with Crippen molar-refractivity contribution in [2.75, 3.05) is 11.5 Å². The summed E-state index contributed by atoms with van der Waals surface area (Å²) in [5.74, 6) is -0.983. The summed E-state index contributed by atoms with van der Waals surface area (Å²) in [6.07, 6.45) is 0. The van der Waals surface area contributed by atoms with Crippen molar-refractivity contribution < 1.29 is 19.4 Å². The summed E-state index contributed by atoms with van der Waals surface area (Å²) in [5, 5.41) is 11.2. The van der Waals surface area contributed by atoms with E-state index >= 15 is 0 Å². The highest BCUT2D eigenvalue weighted by Crippen LogP contribution is 2.43. The van der Waals surface area contributed by atoms with Gasteiger partial charge in [-0.25, -0.2) is 0 Å². The molecule has 4 rings (SSSR count). The highest BCUT2D eigenvalue weighted by Gasteiger charge is 2.47. The van der Waals surface area contributed by atoms with E-state index in [1.165, 1.54) is 4.90 Å². The normalized spacial score (nSPS) is 17.8. The lowest BCUT2D eigenvalue weighted by atomic mass is 9.85. The first kappa shape index (κ1) is 23.3. The zero-order valence-corrected chi connectivity index (χ0v) is 19.9. The number of rotatable bonds is 5. The van der Waals surface area contributed by atoms with Crippen LogP contribution in [-0.4, -0.2) is 23.4 Å². The van der Waals surface area contributed by atoms with Gasteiger partial charge in [-0.1, -0.05) is 81.4 Å². The first-order chi connectivity index (χ1) is 16.2. The molecule has 1 N–H and O–H groups in total. The molecule has 3 aromatic carbocycles. The zero-order chi connectivity index (χ0) is 24.5. The van der Waals surface area contributed by atoms with Crippen LogP contribution in [0.3, 0.4) is 0 Å². The van der Waals surface area contributed by atoms with Crippen LogP contribution in [-0.2, 0) is 15.0 Å². The number of carbonyl (C=O) groups excluding carboxylic acids is 2. The number of benzene rings is 3. The summed E-state index contributed by atoms with van der Waals surface area (Å²) in [6, 6.07) is 23.0. The number of ketones is 1. The molecule has 1 saturated heterocycles. The number of aliphatic hydroxyl groups is 1. The van der Waals surface area contributed by atoms with E-state index in [-0.39, 0.29) is 16.7 Å². The fourth-order valence-corrected chi connectivity index (χ4v) is 4.22. The second-order valence-electron chi connectivity index (χ2n) is 9.34. The summed E-state index contributed by atoms with van der Waals surface area (Å²) in [5.41, 5.74) is 2.92. The van der Waals surface area contributed by atoms with Crippen LogP contribution in [0.2, 0.25) is 0 Å². The number of carbonyl (C=O) groups is 2. The van der Waals surface area contributed by atoms with Crippen molar-refractivity contribution in [3.8, 4) is 5.75 Å². The number of amides is 1. The molecule has 0 radical (unpaired) electrons. The van der Waals surface area contributed by atoms with Crippen molar-refractivity contribution in [2.45, 2.75) is 39.2 Å². The second kappa shape index (κ2) is 9.18. The Morgan fingerprint density at radius 3 is 2.24 bits per heavy atom. The maximum Gasteiger partial charge on any atom is 0.300 e. The molecule has 5 nitrogen and oxygen atoms in total. The van der Waals surface area contributed by atoms with Crippen molar-refractivity contribution in [2.24, 2.45) is 0 Å². The molecule has 34 heavy (non-hydrogen) atoms. The van der Waals surface area contributed by atoms with E-state index in [1.807, 2.05) is 37.3 Å². The van der Waals surface area contributed by atoms with Crippen LogP contribution < -0.4 is 9.64 Å². The average molecular weight is 456 g/mol. The van der Waals surface area contributed by atoms with Crippen LogP contribution in [0, 0.1) is 0 Å². The minimum Gasteiger partial charge on any atom is -0.507 e. The Hall–Kier alpha value is -3.86. The smallest absolute Gasteiger partial charge is 0.300 e. The molecule has 1 heterocycles. The van der Waals surface area contributed by atoms with Gasteiger partial charge in [0.2, 0.25) is 0 Å². The molecule has 0 spiro atoms. The van der Waals surface area contributed by atoms with Crippen LogP contribution in [0.25, 0.3) is 5.76 Å². The predicted octanol–water partition coefficient (Wildman–Crippen LogP) is 6.01. The Kier molecular flexibility index (Phi) is 6.29. The molecule has 0 aromatic heterocycles. The molecule has 1 fully saturated rings. The van der Waals surface area contributed by atoms with E-state index in [0.29, 0.717) is 23.6 Å². The number of hydrogen-bond donors (Lipinski definition) is 1. The van der Waals surface area contributed by atoms with Gasteiger partial charge in [0.15, 0.2) is 0 Å². The Bertz CT molecular complexity index is 1240. The molecule has 0 bridgehead atoms. The van der Waals surface area contributed by atoms with E-state index in [9.17, 15) is 14.7 Å². The molecule has 0 aliphatic carbocycles. The van der Waals surface area contributed by atoms with Crippen LogP contribution in [0.5, 0.6) is 5.75 Å². The molecule has 1 aliphatic heterocycles. The highest BCUT2D eigenvalue weighted by molar-refractivity contribution is 6.51. The monoisotopic (exact) mass is 455 g/mol. The average Bonchev–Trinajstić information content (AvgIpc) is 3.09. The molecule has 3 aromatic rings. The standard InChI is InChI=1S/C29H29NO4/c1-5-34-23-13-9-12-22(18-23)30-25(19-14-16-21(17-15-19)29(2,3)4)24(27(32)28(30)33)26(31)20-10-7-6-8-11-20/h6-18,25,31H,5H2,1-4H3/b26-24+. The minimum atomic E-state index is -0.772. The Morgan fingerprint density at radius 1 is 0.941 bits per heavy atom. The highest BCUT2D eigenvalue weighted by atomic mass is 16.5. The number of anilines is 1. The number of ether oxygens (including phenoxy) is 1. The topological polar surface area (TPSA) is 66.8 Å². The number of hydrogen-bond acceptors (Lipinski definition) is 4. The molecule has 1 aliphatic rings. The summed E-state index contributed by atoms with van der Waals surface area (Å²) >= 11 is 0. The SMILES string of the molecule is CCOc1cccc(N2C(=O)C(=O)/C(=C(/O)c3ccccc3)C2c2ccc(C(C)(C)C)cc2)c1. The Balaban J connectivity index is 1.91. The fraction of sp³-hybridized carbons (Fsp3) is 0.241.